The Labute approximate surface area is 152 Å². The summed E-state index contributed by atoms with van der Waals surface area (Å²) in [6, 6.07) is 12.9. The Bertz CT molecular complexity index is 666. The first-order valence-corrected chi connectivity index (χ1v) is 8.28. The maximum atomic E-state index is 6.23. The molecule has 1 N–H and O–H groups in total. The van der Waals surface area contributed by atoms with E-state index in [4.69, 9.17) is 37.4 Å². The first kappa shape index (κ1) is 18.9. The van der Waals surface area contributed by atoms with Gasteiger partial charge in [-0.25, -0.2) is 0 Å². The molecule has 2 aromatic rings. The highest BCUT2D eigenvalue weighted by atomic mass is 35.5. The van der Waals surface area contributed by atoms with Crippen LogP contribution in [-0.2, 0) is 4.74 Å². The van der Waals surface area contributed by atoms with Crippen molar-refractivity contribution in [1.82, 2.24) is 5.32 Å². The van der Waals surface area contributed by atoms with Crippen LogP contribution in [0.2, 0.25) is 10.0 Å². The average Bonchev–Trinajstić information content (AvgIpc) is 2.60. The first-order chi connectivity index (χ1) is 11.6. The van der Waals surface area contributed by atoms with Gasteiger partial charge in [0.15, 0.2) is 17.6 Å². The topological polar surface area (TPSA) is 39.7 Å². The summed E-state index contributed by atoms with van der Waals surface area (Å²) in [5.74, 6) is 1.29. The van der Waals surface area contributed by atoms with E-state index >= 15 is 0 Å². The molecule has 0 bridgehead atoms. The zero-order valence-corrected chi connectivity index (χ0v) is 15.4. The number of benzene rings is 2. The molecule has 0 aliphatic carbocycles. The van der Waals surface area contributed by atoms with Crippen LogP contribution >= 0.6 is 23.2 Å². The molecular formula is C18H21Cl2NO3. The van der Waals surface area contributed by atoms with E-state index in [2.05, 4.69) is 5.32 Å². The third-order valence-corrected chi connectivity index (χ3v) is 4.38. The minimum atomic E-state index is -0.381. The van der Waals surface area contributed by atoms with Crippen LogP contribution in [0, 0.1) is 0 Å². The summed E-state index contributed by atoms with van der Waals surface area (Å²) in [7, 11) is 5.12. The Morgan fingerprint density at radius 1 is 1.00 bits per heavy atom. The van der Waals surface area contributed by atoms with Gasteiger partial charge in [0.25, 0.3) is 0 Å². The highest BCUT2D eigenvalue weighted by Crippen LogP contribution is 2.34. The van der Waals surface area contributed by atoms with Crippen molar-refractivity contribution in [2.45, 2.75) is 12.2 Å². The highest BCUT2D eigenvalue weighted by Gasteiger charge is 2.26. The molecular weight excluding hydrogens is 349 g/mol. The second-order valence-electron chi connectivity index (χ2n) is 5.19. The van der Waals surface area contributed by atoms with Crippen LogP contribution in [0.4, 0.5) is 0 Å². The van der Waals surface area contributed by atoms with Gasteiger partial charge in [0.1, 0.15) is 6.10 Å². The SMILES string of the molecule is CNCC(OC)C(Oc1ccccc1OC)c1ccc(Cl)c(Cl)c1. The van der Waals surface area contributed by atoms with Gasteiger partial charge in [-0.3, -0.25) is 0 Å². The Kier molecular flexibility index (Phi) is 7.18. The number of likely N-dealkylation sites (N-methyl/N-ethyl adjacent to an activating group) is 1. The van der Waals surface area contributed by atoms with E-state index in [1.165, 1.54) is 0 Å². The lowest BCUT2D eigenvalue weighted by atomic mass is 10.0. The van der Waals surface area contributed by atoms with Crippen molar-refractivity contribution in [1.29, 1.82) is 0 Å². The molecule has 0 fully saturated rings. The molecule has 0 saturated heterocycles. The van der Waals surface area contributed by atoms with Crippen molar-refractivity contribution in [3.8, 4) is 11.5 Å². The third kappa shape index (κ3) is 4.54. The van der Waals surface area contributed by atoms with Gasteiger partial charge in [0.2, 0.25) is 0 Å². The van der Waals surface area contributed by atoms with Crippen LogP contribution in [-0.4, -0.2) is 33.9 Å². The van der Waals surface area contributed by atoms with E-state index in [1.54, 1.807) is 26.4 Å². The molecule has 0 saturated carbocycles. The van der Waals surface area contributed by atoms with Gasteiger partial charge in [0, 0.05) is 13.7 Å². The standard InChI is InChI=1S/C18H21Cl2NO3/c1-21-11-17(23-3)18(12-8-9-13(19)14(20)10-12)24-16-7-5-4-6-15(16)22-2/h4-10,17-18,21H,11H2,1-3H3. The van der Waals surface area contributed by atoms with Gasteiger partial charge in [0.05, 0.1) is 17.2 Å². The number of hydrogen-bond donors (Lipinski definition) is 1. The molecule has 4 nitrogen and oxygen atoms in total. The van der Waals surface area contributed by atoms with Crippen molar-refractivity contribution in [2.24, 2.45) is 0 Å². The number of hydrogen-bond acceptors (Lipinski definition) is 4. The molecule has 2 rings (SSSR count). The molecule has 24 heavy (non-hydrogen) atoms. The zero-order valence-electron chi connectivity index (χ0n) is 13.9. The summed E-state index contributed by atoms with van der Waals surface area (Å²) in [6.07, 6.45) is -0.606. The average molecular weight is 370 g/mol. The minimum Gasteiger partial charge on any atom is -0.493 e. The fourth-order valence-corrected chi connectivity index (χ4v) is 2.72. The Hall–Kier alpha value is -1.46. The molecule has 2 unspecified atom stereocenters. The highest BCUT2D eigenvalue weighted by molar-refractivity contribution is 6.42. The second kappa shape index (κ2) is 9.14. The normalized spacial score (nSPS) is 13.4. The first-order valence-electron chi connectivity index (χ1n) is 7.52. The molecule has 0 aliphatic rings. The van der Waals surface area contributed by atoms with Crippen molar-refractivity contribution in [3.63, 3.8) is 0 Å². The van der Waals surface area contributed by atoms with Crippen molar-refractivity contribution in [3.05, 3.63) is 58.1 Å². The van der Waals surface area contributed by atoms with Crippen LogP contribution in [0.5, 0.6) is 11.5 Å². The van der Waals surface area contributed by atoms with Gasteiger partial charge >= 0.3 is 0 Å². The van der Waals surface area contributed by atoms with Crippen molar-refractivity contribution >= 4 is 23.2 Å². The maximum Gasteiger partial charge on any atom is 0.162 e. The smallest absolute Gasteiger partial charge is 0.162 e. The Morgan fingerprint density at radius 3 is 2.29 bits per heavy atom. The fourth-order valence-electron chi connectivity index (χ4n) is 2.42. The minimum absolute atomic E-state index is 0.225. The maximum absolute atomic E-state index is 6.23. The quantitative estimate of drug-likeness (QED) is 0.750. The predicted octanol–water partition coefficient (Wildman–Crippen LogP) is 4.36. The van der Waals surface area contributed by atoms with E-state index in [1.807, 2.05) is 37.4 Å². The van der Waals surface area contributed by atoms with Crippen LogP contribution < -0.4 is 14.8 Å². The lowest BCUT2D eigenvalue weighted by Crippen LogP contribution is -2.34. The monoisotopic (exact) mass is 369 g/mol. The predicted molar refractivity (Wildman–Crippen MR) is 97.5 cm³/mol. The van der Waals surface area contributed by atoms with Gasteiger partial charge in [-0.05, 0) is 36.9 Å². The summed E-state index contributed by atoms with van der Waals surface area (Å²) in [6.45, 7) is 0.608. The van der Waals surface area contributed by atoms with E-state index in [0.717, 1.165) is 5.56 Å². The molecule has 2 aromatic carbocycles. The van der Waals surface area contributed by atoms with Gasteiger partial charge in [-0.2, -0.15) is 0 Å². The molecule has 0 aromatic heterocycles. The molecule has 0 heterocycles. The van der Waals surface area contributed by atoms with E-state index in [-0.39, 0.29) is 12.2 Å². The molecule has 0 amide bonds. The van der Waals surface area contributed by atoms with Gasteiger partial charge in [-0.1, -0.05) is 41.4 Å². The van der Waals surface area contributed by atoms with Crippen LogP contribution in [0.3, 0.4) is 0 Å². The Morgan fingerprint density at radius 2 is 1.71 bits per heavy atom. The van der Waals surface area contributed by atoms with Crippen molar-refractivity contribution < 1.29 is 14.2 Å². The van der Waals surface area contributed by atoms with E-state index < -0.39 is 0 Å². The number of rotatable bonds is 8. The summed E-state index contributed by atoms with van der Waals surface area (Å²) >= 11 is 12.2. The van der Waals surface area contributed by atoms with E-state index in [0.29, 0.717) is 28.1 Å². The van der Waals surface area contributed by atoms with Crippen LogP contribution in [0.15, 0.2) is 42.5 Å². The van der Waals surface area contributed by atoms with Crippen LogP contribution in [0.25, 0.3) is 0 Å². The molecule has 6 heteroatoms. The number of halogens is 2. The molecule has 130 valence electrons. The number of ether oxygens (including phenoxy) is 3. The van der Waals surface area contributed by atoms with Gasteiger partial charge < -0.3 is 19.5 Å². The fraction of sp³-hybridized carbons (Fsp3) is 0.333. The third-order valence-electron chi connectivity index (χ3n) is 3.64. The molecule has 2 atom stereocenters. The lowest BCUT2D eigenvalue weighted by Gasteiger charge is -2.28. The summed E-state index contributed by atoms with van der Waals surface area (Å²) < 4.78 is 17.2. The van der Waals surface area contributed by atoms with Gasteiger partial charge in [-0.15, -0.1) is 0 Å². The Balaban J connectivity index is 2.40. The number of para-hydroxylation sites is 2. The molecule has 0 spiro atoms. The summed E-state index contributed by atoms with van der Waals surface area (Å²) in [4.78, 5) is 0. The zero-order chi connectivity index (χ0) is 17.5. The molecule has 0 aliphatic heterocycles. The van der Waals surface area contributed by atoms with Crippen molar-refractivity contribution in [2.75, 3.05) is 27.8 Å². The largest absolute Gasteiger partial charge is 0.493 e. The number of nitrogens with one attached hydrogen (secondary N) is 1. The molecule has 0 radical (unpaired) electrons. The van der Waals surface area contributed by atoms with E-state index in [9.17, 15) is 0 Å². The second-order valence-corrected chi connectivity index (χ2v) is 6.01. The summed E-state index contributed by atoms with van der Waals surface area (Å²) in [5, 5.41) is 4.09. The van der Waals surface area contributed by atoms with Crippen LogP contribution in [0.1, 0.15) is 11.7 Å². The number of methoxy groups -OCH3 is 2. The summed E-state index contributed by atoms with van der Waals surface area (Å²) in [5.41, 5.74) is 0.873. The lowest BCUT2D eigenvalue weighted by molar-refractivity contribution is 0.00158.